The third kappa shape index (κ3) is 6.38. The minimum atomic E-state index is 0. The summed E-state index contributed by atoms with van der Waals surface area (Å²) in [6, 6.07) is 7.97. The van der Waals surface area contributed by atoms with Gasteiger partial charge in [0.1, 0.15) is 29.5 Å². The monoisotopic (exact) mass is 420 g/mol. The molecular formula is C20H29ClN6O2. The number of rotatable bonds is 8. The average Bonchev–Trinajstić information content (AvgIpc) is 3.36. The van der Waals surface area contributed by atoms with E-state index in [4.69, 9.17) is 19.7 Å². The summed E-state index contributed by atoms with van der Waals surface area (Å²) in [5, 5.41) is 24.6. The maximum absolute atomic E-state index is 9.04. The normalized spacial score (nSPS) is 19.2. The van der Waals surface area contributed by atoms with Crippen LogP contribution in [0.15, 0.2) is 27.9 Å². The van der Waals surface area contributed by atoms with Gasteiger partial charge in [-0.25, -0.2) is 0 Å². The van der Waals surface area contributed by atoms with Crippen LogP contribution >= 0.6 is 12.4 Å². The molecule has 0 bridgehead atoms. The molecule has 0 amide bonds. The number of nitrogens with one attached hydrogen (secondary N) is 2. The van der Waals surface area contributed by atoms with Gasteiger partial charge < -0.3 is 24.7 Å². The van der Waals surface area contributed by atoms with Crippen molar-refractivity contribution in [1.29, 1.82) is 10.5 Å². The number of piperidine rings is 1. The fraction of sp³-hybridized carbons (Fsp3) is 0.600. The van der Waals surface area contributed by atoms with E-state index in [2.05, 4.69) is 15.5 Å². The largest absolute Gasteiger partial charge is 0.463 e. The number of hydrogen-bond acceptors (Lipinski definition) is 8. The summed E-state index contributed by atoms with van der Waals surface area (Å²) in [5.41, 5.74) is 0.140. The van der Waals surface area contributed by atoms with Crippen LogP contribution in [-0.2, 0) is 17.8 Å². The predicted molar refractivity (Wildman–Crippen MR) is 111 cm³/mol. The number of nitriles is 2. The molecule has 0 spiro atoms. The molecule has 3 heterocycles. The van der Waals surface area contributed by atoms with E-state index in [1.807, 2.05) is 29.2 Å². The molecule has 0 aromatic carbocycles. The number of methoxy groups -OCH3 is 1. The van der Waals surface area contributed by atoms with Crippen molar-refractivity contribution in [2.45, 2.75) is 32.0 Å². The molecule has 9 heteroatoms. The van der Waals surface area contributed by atoms with Crippen LogP contribution in [0.5, 0.6) is 0 Å². The molecule has 1 unspecified atom stereocenters. The fourth-order valence-corrected chi connectivity index (χ4v) is 3.73. The maximum Gasteiger partial charge on any atom is 0.169 e. The summed E-state index contributed by atoms with van der Waals surface area (Å²) in [4.78, 5) is 4.41. The van der Waals surface area contributed by atoms with Crippen LogP contribution in [0.4, 0.5) is 0 Å². The highest BCUT2D eigenvalue weighted by atomic mass is 35.5. The topological polar surface area (TPSA) is 100 Å². The Morgan fingerprint density at radius 1 is 1.31 bits per heavy atom. The average molecular weight is 421 g/mol. The van der Waals surface area contributed by atoms with Crippen molar-refractivity contribution in [3.8, 4) is 12.1 Å². The quantitative estimate of drug-likeness (QED) is 0.482. The van der Waals surface area contributed by atoms with Gasteiger partial charge in [-0.05, 0) is 31.5 Å². The van der Waals surface area contributed by atoms with Gasteiger partial charge in [-0.1, -0.05) is 0 Å². The lowest BCUT2D eigenvalue weighted by atomic mass is 10.1. The standard InChI is InChI=1S/C20H28N6O2.ClH/c1-27-18-3-2-8-25(14-18)15-19-5-4-17(28-19)13-23-6-9-26-10-7-24-20(26)16(11-21)12-22;/h4-5,18,23-24H,2-3,6-10,13-15H2,1H3;1H. The predicted octanol–water partition coefficient (Wildman–Crippen LogP) is 1.57. The Labute approximate surface area is 178 Å². The Morgan fingerprint density at radius 2 is 2.10 bits per heavy atom. The summed E-state index contributed by atoms with van der Waals surface area (Å²) in [7, 11) is 1.78. The molecule has 2 N–H and O–H groups in total. The molecular weight excluding hydrogens is 392 g/mol. The van der Waals surface area contributed by atoms with Crippen molar-refractivity contribution >= 4 is 12.4 Å². The van der Waals surface area contributed by atoms with Crippen LogP contribution in [-0.4, -0.2) is 62.3 Å². The van der Waals surface area contributed by atoms with Crippen molar-refractivity contribution in [3.05, 3.63) is 35.0 Å². The van der Waals surface area contributed by atoms with Crippen LogP contribution in [0.2, 0.25) is 0 Å². The van der Waals surface area contributed by atoms with Gasteiger partial charge in [-0.3, -0.25) is 4.90 Å². The van der Waals surface area contributed by atoms with Crippen LogP contribution in [0, 0.1) is 22.7 Å². The van der Waals surface area contributed by atoms with Gasteiger partial charge in [0, 0.05) is 39.8 Å². The summed E-state index contributed by atoms with van der Waals surface area (Å²) in [5.74, 6) is 2.54. The second kappa shape index (κ2) is 11.7. The molecule has 1 aromatic rings. The van der Waals surface area contributed by atoms with Crippen LogP contribution in [0.25, 0.3) is 0 Å². The molecule has 158 valence electrons. The molecule has 2 saturated heterocycles. The van der Waals surface area contributed by atoms with Crippen LogP contribution in [0.3, 0.4) is 0 Å². The molecule has 3 rings (SSSR count). The number of nitrogens with zero attached hydrogens (tertiary/aromatic N) is 4. The van der Waals surface area contributed by atoms with Crippen molar-refractivity contribution in [3.63, 3.8) is 0 Å². The molecule has 2 fully saturated rings. The lowest BCUT2D eigenvalue weighted by molar-refractivity contribution is 0.0262. The van der Waals surface area contributed by atoms with Gasteiger partial charge in [0.05, 0.1) is 19.2 Å². The molecule has 8 nitrogen and oxygen atoms in total. The molecule has 2 aliphatic rings. The Bertz CT molecular complexity index is 750. The van der Waals surface area contributed by atoms with Gasteiger partial charge >= 0.3 is 0 Å². The summed E-state index contributed by atoms with van der Waals surface area (Å²) in [6.45, 7) is 6.54. The maximum atomic E-state index is 9.04. The molecule has 1 aromatic heterocycles. The summed E-state index contributed by atoms with van der Waals surface area (Å²) < 4.78 is 11.4. The van der Waals surface area contributed by atoms with Crippen molar-refractivity contribution in [1.82, 2.24) is 20.4 Å². The summed E-state index contributed by atoms with van der Waals surface area (Å²) in [6.07, 6.45) is 2.62. The minimum Gasteiger partial charge on any atom is -0.463 e. The number of halogens is 1. The highest BCUT2D eigenvalue weighted by Crippen LogP contribution is 2.17. The molecule has 0 aliphatic carbocycles. The number of likely N-dealkylation sites (tertiary alicyclic amines) is 1. The van der Waals surface area contributed by atoms with Gasteiger partial charge in [0.25, 0.3) is 0 Å². The number of hydrogen-bond donors (Lipinski definition) is 2. The third-order valence-corrected chi connectivity index (χ3v) is 5.20. The molecule has 1 atom stereocenters. The first-order chi connectivity index (χ1) is 13.7. The third-order valence-electron chi connectivity index (χ3n) is 5.20. The van der Waals surface area contributed by atoms with Crippen LogP contribution in [0.1, 0.15) is 24.4 Å². The van der Waals surface area contributed by atoms with E-state index in [1.165, 1.54) is 0 Å². The van der Waals surface area contributed by atoms with Gasteiger partial charge in [-0.2, -0.15) is 10.5 Å². The van der Waals surface area contributed by atoms with Gasteiger partial charge in [0.15, 0.2) is 5.57 Å². The number of ether oxygens (including phenoxy) is 1. The van der Waals surface area contributed by atoms with Gasteiger partial charge in [0.2, 0.25) is 0 Å². The summed E-state index contributed by atoms with van der Waals surface area (Å²) >= 11 is 0. The number of furan rings is 1. The van der Waals surface area contributed by atoms with E-state index in [9.17, 15) is 0 Å². The second-order valence-corrected chi connectivity index (χ2v) is 7.14. The van der Waals surface area contributed by atoms with Crippen molar-refractivity contribution in [2.75, 3.05) is 46.4 Å². The SMILES string of the molecule is COC1CCCN(Cc2ccc(CNCCN3CCNC3=C(C#N)C#N)o2)C1.Cl. The van der Waals surface area contributed by atoms with Crippen molar-refractivity contribution < 1.29 is 9.15 Å². The van der Waals surface area contributed by atoms with E-state index in [0.717, 1.165) is 70.2 Å². The molecule has 2 aliphatic heterocycles. The Balaban J connectivity index is 0.00000300. The van der Waals surface area contributed by atoms with Crippen LogP contribution < -0.4 is 10.6 Å². The minimum absolute atomic E-state index is 0. The second-order valence-electron chi connectivity index (χ2n) is 7.14. The first kappa shape index (κ1) is 23.1. The zero-order valence-electron chi connectivity index (χ0n) is 16.8. The zero-order valence-corrected chi connectivity index (χ0v) is 17.6. The Hall–Kier alpha value is -2.23. The first-order valence-corrected chi connectivity index (χ1v) is 9.80. The van der Waals surface area contributed by atoms with Crippen molar-refractivity contribution in [2.24, 2.45) is 0 Å². The molecule has 29 heavy (non-hydrogen) atoms. The van der Waals surface area contributed by atoms with E-state index in [-0.39, 0.29) is 18.0 Å². The Morgan fingerprint density at radius 3 is 2.86 bits per heavy atom. The van der Waals surface area contributed by atoms with E-state index in [1.54, 1.807) is 7.11 Å². The van der Waals surface area contributed by atoms with E-state index < -0.39 is 0 Å². The Kier molecular flexibility index (Phi) is 9.30. The molecule has 0 saturated carbocycles. The highest BCUT2D eigenvalue weighted by molar-refractivity contribution is 5.85. The van der Waals surface area contributed by atoms with Gasteiger partial charge in [-0.15, -0.1) is 12.4 Å². The number of allylic oxidation sites excluding steroid dienone is 1. The fourth-order valence-electron chi connectivity index (χ4n) is 3.73. The first-order valence-electron chi connectivity index (χ1n) is 9.80. The smallest absolute Gasteiger partial charge is 0.169 e. The van der Waals surface area contributed by atoms with E-state index >= 15 is 0 Å². The highest BCUT2D eigenvalue weighted by Gasteiger charge is 2.21. The lowest BCUT2D eigenvalue weighted by Gasteiger charge is -2.31. The van der Waals surface area contributed by atoms with E-state index in [0.29, 0.717) is 18.5 Å². The zero-order chi connectivity index (χ0) is 19.8. The lowest BCUT2D eigenvalue weighted by Crippen LogP contribution is -2.38. The molecule has 0 radical (unpaired) electrons.